The summed E-state index contributed by atoms with van der Waals surface area (Å²) in [6.45, 7) is 4.51. The highest BCUT2D eigenvalue weighted by molar-refractivity contribution is 7.14. The molecule has 0 bridgehead atoms. The summed E-state index contributed by atoms with van der Waals surface area (Å²) < 4.78 is 11.6. The van der Waals surface area contributed by atoms with Gasteiger partial charge in [0.2, 0.25) is 0 Å². The minimum atomic E-state index is -0.396. The predicted molar refractivity (Wildman–Crippen MR) is 216 cm³/mol. The van der Waals surface area contributed by atoms with Gasteiger partial charge in [-0.15, -0.1) is 22.7 Å². The summed E-state index contributed by atoms with van der Waals surface area (Å²) >= 11 is 3.54. The number of hydrogen-bond acceptors (Lipinski definition) is 6. The Morgan fingerprint density at radius 1 is 0.462 bits per heavy atom. The lowest BCUT2D eigenvalue weighted by molar-refractivity contribution is -0.128. The molecule has 5 aromatic rings. The van der Waals surface area contributed by atoms with Crippen molar-refractivity contribution >= 4 is 45.8 Å². The minimum absolute atomic E-state index is 0.396. The maximum absolute atomic E-state index is 13.2. The third-order valence-electron chi connectivity index (χ3n) is 10.3. The molecule has 0 fully saturated rings. The molecule has 0 saturated heterocycles. The molecule has 0 unspecified atom stereocenters. The molecule has 2 aliphatic rings. The summed E-state index contributed by atoms with van der Waals surface area (Å²) in [5.41, 5.74) is 7.60. The molecule has 0 radical (unpaired) electrons. The number of hydrogen-bond donors (Lipinski definition) is 0. The van der Waals surface area contributed by atoms with Gasteiger partial charge < -0.3 is 9.47 Å². The Kier molecular flexibility index (Phi) is 11.8. The van der Waals surface area contributed by atoms with E-state index in [4.69, 9.17) is 9.47 Å². The van der Waals surface area contributed by atoms with Crippen molar-refractivity contribution in [1.29, 1.82) is 0 Å². The van der Waals surface area contributed by atoms with Crippen LogP contribution in [0.2, 0.25) is 0 Å². The molecule has 268 valence electrons. The maximum atomic E-state index is 13.2. The van der Waals surface area contributed by atoms with Crippen LogP contribution >= 0.6 is 22.7 Å². The largest absolute Gasteiger partial charge is 0.422 e. The van der Waals surface area contributed by atoms with Gasteiger partial charge >= 0.3 is 11.9 Å². The standard InChI is InChI=1S/C46H48O4S2/c1-3-5-7-9-11-13-15-31-25-41(51-29-31)33-17-21-35(22-18-33)43-37-27-40-38(28-39(37)49-45(43)47)44(46(48)50-40)36-23-19-34(20-24-36)42-26-32(30-52-42)16-14-12-10-8-6-4-2/h17-30H,3-16H2,1-2H3. The zero-order valence-corrected chi connectivity index (χ0v) is 32.1. The molecule has 0 atom stereocenters. The van der Waals surface area contributed by atoms with Crippen LogP contribution < -0.4 is 19.9 Å². The van der Waals surface area contributed by atoms with Crippen LogP contribution in [-0.2, 0) is 22.4 Å². The average molecular weight is 729 g/mol. The van der Waals surface area contributed by atoms with Gasteiger partial charge in [-0.3, -0.25) is 0 Å². The van der Waals surface area contributed by atoms with Crippen molar-refractivity contribution in [1.82, 2.24) is 0 Å². The van der Waals surface area contributed by atoms with E-state index in [1.54, 1.807) is 34.8 Å². The summed E-state index contributed by atoms with van der Waals surface area (Å²) in [4.78, 5) is 28.9. The van der Waals surface area contributed by atoms with Gasteiger partial charge in [0.1, 0.15) is 11.5 Å². The van der Waals surface area contributed by atoms with Gasteiger partial charge in [0.25, 0.3) is 0 Å². The maximum Gasteiger partial charge on any atom is 0.344 e. The van der Waals surface area contributed by atoms with E-state index in [1.165, 1.54) is 97.9 Å². The number of thiophene rings is 2. The van der Waals surface area contributed by atoms with E-state index in [2.05, 4.69) is 61.0 Å². The Labute approximate surface area is 315 Å². The zero-order chi connectivity index (χ0) is 35.9. The molecule has 0 spiro atoms. The Balaban J connectivity index is 1.06. The number of carbonyl (C=O) groups excluding carboxylic acids is 2. The van der Waals surface area contributed by atoms with Crippen molar-refractivity contribution in [2.45, 2.75) is 104 Å². The van der Waals surface area contributed by atoms with Crippen molar-refractivity contribution in [3.63, 3.8) is 0 Å². The number of fused-ring (bicyclic) bond motifs is 2. The molecule has 4 heterocycles. The molecular weight excluding hydrogens is 681 g/mol. The van der Waals surface area contributed by atoms with E-state index in [0.717, 1.165) is 35.1 Å². The van der Waals surface area contributed by atoms with E-state index in [-0.39, 0.29) is 0 Å². The molecule has 6 heteroatoms. The molecule has 2 aromatic heterocycles. The van der Waals surface area contributed by atoms with E-state index in [1.807, 2.05) is 24.3 Å². The fraction of sp³-hybridized carbons (Fsp3) is 0.348. The zero-order valence-electron chi connectivity index (χ0n) is 30.4. The molecule has 4 nitrogen and oxygen atoms in total. The Hall–Kier alpha value is -4.26. The lowest BCUT2D eigenvalue weighted by Gasteiger charge is -2.03. The SMILES string of the molecule is CCCCCCCCc1csc(-c2ccc(C3=c4cc5c(cc4OC3=O)=C(c3ccc(-c4cc(CCCCCCCC)cs4)cc3)C(=O)O5)cc2)c1. The number of esters is 2. The number of rotatable bonds is 18. The van der Waals surface area contributed by atoms with E-state index in [9.17, 15) is 9.59 Å². The molecular formula is C46H48O4S2. The fourth-order valence-corrected chi connectivity index (χ4v) is 9.24. The number of carbonyl (C=O) groups is 2. The van der Waals surface area contributed by atoms with Crippen LogP contribution in [0.1, 0.15) is 113 Å². The van der Waals surface area contributed by atoms with Crippen LogP contribution in [0, 0.1) is 0 Å². The van der Waals surface area contributed by atoms with E-state index >= 15 is 0 Å². The molecule has 3 aromatic carbocycles. The van der Waals surface area contributed by atoms with Crippen molar-refractivity contribution in [3.8, 4) is 32.4 Å². The van der Waals surface area contributed by atoms with Crippen LogP contribution in [-0.4, -0.2) is 11.9 Å². The number of aryl methyl sites for hydroxylation is 2. The molecule has 0 amide bonds. The Bertz CT molecular complexity index is 2000. The topological polar surface area (TPSA) is 52.6 Å². The first-order valence-electron chi connectivity index (χ1n) is 19.3. The Morgan fingerprint density at radius 2 is 0.827 bits per heavy atom. The third kappa shape index (κ3) is 8.19. The average Bonchev–Trinajstić information content (AvgIpc) is 3.95. The normalized spacial score (nSPS) is 13.4. The van der Waals surface area contributed by atoms with Crippen LogP contribution in [0.4, 0.5) is 0 Å². The van der Waals surface area contributed by atoms with Gasteiger partial charge in [-0.2, -0.15) is 0 Å². The van der Waals surface area contributed by atoms with E-state index < -0.39 is 11.9 Å². The van der Waals surface area contributed by atoms with Crippen molar-refractivity contribution in [2.24, 2.45) is 0 Å². The summed E-state index contributed by atoms with van der Waals surface area (Å²) in [7, 11) is 0. The van der Waals surface area contributed by atoms with Gasteiger partial charge in [0.05, 0.1) is 11.1 Å². The minimum Gasteiger partial charge on any atom is -0.422 e. The highest BCUT2D eigenvalue weighted by Crippen LogP contribution is 2.33. The first-order chi connectivity index (χ1) is 25.5. The second-order valence-electron chi connectivity index (χ2n) is 14.2. The molecule has 52 heavy (non-hydrogen) atoms. The quantitative estimate of drug-likeness (QED) is 0.0512. The first-order valence-corrected chi connectivity index (χ1v) is 21.0. The van der Waals surface area contributed by atoms with Gasteiger partial charge in [0, 0.05) is 20.2 Å². The van der Waals surface area contributed by atoms with Crippen molar-refractivity contribution in [3.05, 3.63) is 116 Å². The monoisotopic (exact) mass is 728 g/mol. The lowest BCUT2D eigenvalue weighted by atomic mass is 9.99. The summed E-state index contributed by atoms with van der Waals surface area (Å²) in [6.07, 6.45) is 17.9. The number of benzene rings is 3. The van der Waals surface area contributed by atoms with Crippen LogP contribution in [0.15, 0.2) is 83.6 Å². The van der Waals surface area contributed by atoms with Gasteiger partial charge in [0.15, 0.2) is 0 Å². The molecule has 0 N–H and O–H groups in total. The predicted octanol–water partition coefficient (Wildman–Crippen LogP) is 11.2. The first kappa shape index (κ1) is 36.1. The van der Waals surface area contributed by atoms with Crippen LogP contribution in [0.5, 0.6) is 11.5 Å². The lowest BCUT2D eigenvalue weighted by Crippen LogP contribution is -2.11. The molecule has 2 aliphatic heterocycles. The van der Waals surface area contributed by atoms with Crippen LogP contribution in [0.3, 0.4) is 0 Å². The summed E-state index contributed by atoms with van der Waals surface area (Å²) in [5, 5.41) is 5.83. The number of ether oxygens (including phenoxy) is 2. The van der Waals surface area contributed by atoms with Gasteiger partial charge in [-0.1, -0.05) is 127 Å². The summed E-state index contributed by atoms with van der Waals surface area (Å²) in [5.74, 6) is 0.106. The summed E-state index contributed by atoms with van der Waals surface area (Å²) in [6, 6.07) is 24.4. The van der Waals surface area contributed by atoms with Crippen LogP contribution in [0.25, 0.3) is 32.0 Å². The molecule has 7 rings (SSSR count). The fourth-order valence-electron chi connectivity index (χ4n) is 7.33. The smallest absolute Gasteiger partial charge is 0.344 e. The van der Waals surface area contributed by atoms with Gasteiger partial charge in [-0.05, 0) is 94.1 Å². The van der Waals surface area contributed by atoms with Crippen molar-refractivity contribution in [2.75, 3.05) is 0 Å². The second kappa shape index (κ2) is 17.0. The highest BCUT2D eigenvalue weighted by Gasteiger charge is 2.30. The second-order valence-corrected chi connectivity index (χ2v) is 16.0. The van der Waals surface area contributed by atoms with E-state index in [0.29, 0.717) is 33.1 Å². The Morgan fingerprint density at radius 3 is 1.23 bits per heavy atom. The third-order valence-corrected chi connectivity index (χ3v) is 12.4. The number of unbranched alkanes of at least 4 members (excludes halogenated alkanes) is 10. The molecule has 0 aliphatic carbocycles. The molecule has 0 saturated carbocycles. The highest BCUT2D eigenvalue weighted by atomic mass is 32.1. The van der Waals surface area contributed by atoms with Crippen molar-refractivity contribution < 1.29 is 19.1 Å². The van der Waals surface area contributed by atoms with Gasteiger partial charge in [-0.25, -0.2) is 9.59 Å².